The Balaban J connectivity index is 1.34. The van der Waals surface area contributed by atoms with Crippen LogP contribution in [0.4, 0.5) is 0 Å². The Labute approximate surface area is 150 Å². The maximum atomic E-state index is 12.5. The van der Waals surface area contributed by atoms with Crippen molar-refractivity contribution in [1.82, 2.24) is 24.8 Å². The van der Waals surface area contributed by atoms with E-state index in [1.807, 2.05) is 54.6 Å². The Kier molecular flexibility index (Phi) is 4.47. The molecule has 2 heterocycles. The van der Waals surface area contributed by atoms with Gasteiger partial charge in [0.05, 0.1) is 23.6 Å². The molecule has 26 heavy (non-hydrogen) atoms. The van der Waals surface area contributed by atoms with Crippen LogP contribution in [0, 0.1) is 0 Å². The van der Waals surface area contributed by atoms with Gasteiger partial charge >= 0.3 is 0 Å². The zero-order valence-electron chi connectivity index (χ0n) is 14.2. The summed E-state index contributed by atoms with van der Waals surface area (Å²) in [6, 6.07) is 17.7. The van der Waals surface area contributed by atoms with Crippen molar-refractivity contribution in [3.8, 4) is 5.69 Å². The van der Waals surface area contributed by atoms with Crippen LogP contribution in [0.3, 0.4) is 0 Å². The second kappa shape index (κ2) is 7.23. The first-order chi connectivity index (χ1) is 12.8. The highest BCUT2D eigenvalue weighted by atomic mass is 16.1. The van der Waals surface area contributed by atoms with Gasteiger partial charge in [-0.2, -0.15) is 0 Å². The predicted octanol–water partition coefficient (Wildman–Crippen LogP) is 3.11. The molecule has 0 fully saturated rings. The van der Waals surface area contributed by atoms with Gasteiger partial charge in [0.15, 0.2) is 0 Å². The fourth-order valence-electron chi connectivity index (χ4n) is 2.93. The Morgan fingerprint density at radius 1 is 1.08 bits per heavy atom. The zero-order valence-corrected chi connectivity index (χ0v) is 14.2. The third-order valence-corrected chi connectivity index (χ3v) is 4.22. The number of fused-ring (bicyclic) bond motifs is 1. The van der Waals surface area contributed by atoms with Crippen LogP contribution in [0.2, 0.25) is 0 Å². The van der Waals surface area contributed by atoms with Crippen molar-refractivity contribution in [2.75, 3.05) is 6.54 Å². The molecule has 6 nitrogen and oxygen atoms in total. The lowest BCUT2D eigenvalue weighted by Crippen LogP contribution is -2.26. The second-order valence-electron chi connectivity index (χ2n) is 6.04. The number of imidazole rings is 2. The summed E-state index contributed by atoms with van der Waals surface area (Å²) < 4.78 is 1.79. The number of hydrogen-bond acceptors (Lipinski definition) is 3. The van der Waals surface area contributed by atoms with Crippen molar-refractivity contribution in [2.24, 2.45) is 0 Å². The number of nitrogens with zero attached hydrogens (tertiary/aromatic N) is 3. The van der Waals surface area contributed by atoms with Gasteiger partial charge in [-0.05, 0) is 30.7 Å². The first kappa shape index (κ1) is 16.1. The van der Waals surface area contributed by atoms with Crippen molar-refractivity contribution in [3.63, 3.8) is 0 Å². The largest absolute Gasteiger partial charge is 0.351 e. The van der Waals surface area contributed by atoms with E-state index in [1.165, 1.54) is 0 Å². The van der Waals surface area contributed by atoms with Crippen molar-refractivity contribution in [2.45, 2.75) is 12.8 Å². The van der Waals surface area contributed by atoms with E-state index in [0.29, 0.717) is 12.2 Å². The molecule has 130 valence electrons. The number of benzene rings is 2. The van der Waals surface area contributed by atoms with Gasteiger partial charge in [-0.15, -0.1) is 0 Å². The summed E-state index contributed by atoms with van der Waals surface area (Å²) in [5.74, 6) is 0.811. The normalized spacial score (nSPS) is 10.9. The van der Waals surface area contributed by atoms with Crippen LogP contribution in [0.1, 0.15) is 22.7 Å². The van der Waals surface area contributed by atoms with Gasteiger partial charge in [-0.25, -0.2) is 9.97 Å². The van der Waals surface area contributed by atoms with Crippen LogP contribution in [0.5, 0.6) is 0 Å². The van der Waals surface area contributed by atoms with E-state index in [1.54, 1.807) is 17.1 Å². The zero-order chi connectivity index (χ0) is 17.8. The van der Waals surface area contributed by atoms with Crippen LogP contribution in [-0.2, 0) is 6.42 Å². The number of H-pyrrole nitrogens is 1. The number of aromatic nitrogens is 4. The van der Waals surface area contributed by atoms with E-state index in [-0.39, 0.29) is 5.91 Å². The number of aryl methyl sites for hydroxylation is 1. The van der Waals surface area contributed by atoms with Crippen molar-refractivity contribution >= 4 is 16.9 Å². The van der Waals surface area contributed by atoms with Gasteiger partial charge in [0.25, 0.3) is 5.91 Å². The highest BCUT2D eigenvalue weighted by molar-refractivity contribution is 5.92. The Morgan fingerprint density at radius 3 is 2.73 bits per heavy atom. The van der Waals surface area contributed by atoms with Crippen molar-refractivity contribution in [1.29, 1.82) is 0 Å². The van der Waals surface area contributed by atoms with Gasteiger partial charge < -0.3 is 10.3 Å². The topological polar surface area (TPSA) is 75.6 Å². The highest BCUT2D eigenvalue weighted by Crippen LogP contribution is 2.12. The van der Waals surface area contributed by atoms with Gasteiger partial charge in [-0.3, -0.25) is 9.36 Å². The van der Waals surface area contributed by atoms with Gasteiger partial charge in [0, 0.05) is 18.7 Å². The van der Waals surface area contributed by atoms with E-state index in [2.05, 4.69) is 20.3 Å². The summed E-state index contributed by atoms with van der Waals surface area (Å²) in [7, 11) is 0. The van der Waals surface area contributed by atoms with E-state index in [4.69, 9.17) is 0 Å². The van der Waals surface area contributed by atoms with Crippen LogP contribution >= 0.6 is 0 Å². The summed E-state index contributed by atoms with van der Waals surface area (Å²) in [6.07, 6.45) is 4.83. The fraction of sp³-hybridized carbons (Fsp3) is 0.150. The summed E-state index contributed by atoms with van der Waals surface area (Å²) in [5.41, 5.74) is 3.45. The smallest absolute Gasteiger partial charge is 0.269 e. The molecule has 0 spiro atoms. The molecule has 0 saturated heterocycles. The van der Waals surface area contributed by atoms with Crippen LogP contribution in [0.25, 0.3) is 16.7 Å². The molecule has 4 rings (SSSR count). The molecule has 0 unspecified atom stereocenters. The van der Waals surface area contributed by atoms with E-state index < -0.39 is 0 Å². The lowest BCUT2D eigenvalue weighted by Gasteiger charge is -2.08. The van der Waals surface area contributed by atoms with E-state index in [0.717, 1.165) is 35.4 Å². The lowest BCUT2D eigenvalue weighted by molar-refractivity contribution is 0.0946. The van der Waals surface area contributed by atoms with Crippen LogP contribution < -0.4 is 5.32 Å². The minimum absolute atomic E-state index is 0.129. The number of carbonyl (C=O) groups is 1. The minimum atomic E-state index is -0.129. The average Bonchev–Trinajstić information content (AvgIpc) is 3.32. The van der Waals surface area contributed by atoms with Gasteiger partial charge in [0.2, 0.25) is 0 Å². The number of carbonyl (C=O) groups excluding carboxylic acids is 1. The minimum Gasteiger partial charge on any atom is -0.351 e. The molecule has 2 aromatic carbocycles. The predicted molar refractivity (Wildman–Crippen MR) is 100 cm³/mol. The number of hydrogen-bond donors (Lipinski definition) is 2. The van der Waals surface area contributed by atoms with E-state index in [9.17, 15) is 4.79 Å². The maximum Gasteiger partial charge on any atom is 0.269 e. The summed E-state index contributed by atoms with van der Waals surface area (Å²) in [5, 5.41) is 2.96. The van der Waals surface area contributed by atoms with E-state index >= 15 is 0 Å². The molecule has 0 bridgehead atoms. The number of aromatic amines is 1. The molecule has 0 aliphatic rings. The molecule has 0 aliphatic carbocycles. The van der Waals surface area contributed by atoms with Crippen molar-refractivity contribution in [3.05, 3.63) is 78.6 Å². The molecule has 0 aliphatic heterocycles. The molecule has 0 saturated carbocycles. The van der Waals surface area contributed by atoms with Crippen LogP contribution in [-0.4, -0.2) is 32.0 Å². The first-order valence-corrected chi connectivity index (χ1v) is 8.61. The first-order valence-electron chi connectivity index (χ1n) is 8.61. The molecular weight excluding hydrogens is 326 g/mol. The lowest BCUT2D eigenvalue weighted by atomic mass is 10.3. The Morgan fingerprint density at radius 2 is 1.88 bits per heavy atom. The number of nitrogens with one attached hydrogen (secondary N) is 2. The summed E-state index contributed by atoms with van der Waals surface area (Å²) in [4.78, 5) is 24.4. The average molecular weight is 345 g/mol. The second-order valence-corrected chi connectivity index (χ2v) is 6.04. The number of para-hydroxylation sites is 3. The maximum absolute atomic E-state index is 12.5. The molecular formula is C20H19N5O. The molecule has 2 N–H and O–H groups in total. The van der Waals surface area contributed by atoms with Gasteiger partial charge in [-0.1, -0.05) is 30.3 Å². The quantitative estimate of drug-likeness (QED) is 0.527. The molecule has 0 atom stereocenters. The molecule has 4 aromatic rings. The third kappa shape index (κ3) is 3.35. The van der Waals surface area contributed by atoms with Gasteiger partial charge in [0.1, 0.15) is 11.5 Å². The molecule has 6 heteroatoms. The summed E-state index contributed by atoms with van der Waals surface area (Å²) >= 11 is 0. The van der Waals surface area contributed by atoms with Crippen molar-refractivity contribution < 1.29 is 4.79 Å². The fourth-order valence-corrected chi connectivity index (χ4v) is 2.93. The monoisotopic (exact) mass is 345 g/mol. The Hall–Kier alpha value is -3.41. The SMILES string of the molecule is O=C(NCCCc1nc2ccccc2[nH]1)c1cncn1-c1ccccc1. The molecule has 2 aromatic heterocycles. The molecule has 0 radical (unpaired) electrons. The molecule has 1 amide bonds. The van der Waals surface area contributed by atoms with Crippen LogP contribution in [0.15, 0.2) is 67.1 Å². The highest BCUT2D eigenvalue weighted by Gasteiger charge is 2.12. The number of rotatable bonds is 6. The number of amides is 1. The Bertz CT molecular complexity index is 986. The standard InChI is InChI=1S/C20H19N5O/c26-20(18-13-21-14-25(18)15-7-2-1-3-8-15)22-12-6-11-19-23-16-9-4-5-10-17(16)24-19/h1-5,7-10,13-14H,6,11-12H2,(H,22,26)(H,23,24). The summed E-state index contributed by atoms with van der Waals surface area (Å²) in [6.45, 7) is 0.579. The third-order valence-electron chi connectivity index (χ3n) is 4.22.